The molecule has 4 atom stereocenters. The van der Waals surface area contributed by atoms with E-state index >= 15 is 0 Å². The Kier molecular flexibility index (Phi) is 10.9. The molecule has 2 aliphatic rings. The molecule has 0 aromatic rings. The van der Waals surface area contributed by atoms with Crippen LogP contribution in [-0.2, 0) is 19.1 Å². The van der Waals surface area contributed by atoms with Gasteiger partial charge in [0.05, 0.1) is 13.0 Å². The second-order valence-corrected chi connectivity index (χ2v) is 5.94. The van der Waals surface area contributed by atoms with E-state index in [1.54, 1.807) is 0 Å². The highest BCUT2D eigenvalue weighted by Crippen LogP contribution is 2.38. The first-order valence-electron chi connectivity index (χ1n) is 8.74. The molecule has 0 bridgehead atoms. The molecule has 4 nitrogen and oxygen atoms in total. The molecule has 2 rings (SSSR count). The average molecular weight is 314 g/mol. The summed E-state index contributed by atoms with van der Waals surface area (Å²) in [6.45, 7) is 9.60. The van der Waals surface area contributed by atoms with Crippen molar-refractivity contribution in [1.29, 1.82) is 0 Å². The molecule has 0 heterocycles. The van der Waals surface area contributed by atoms with Crippen molar-refractivity contribution in [3.63, 3.8) is 0 Å². The average Bonchev–Trinajstić information content (AvgIpc) is 3.36. The third kappa shape index (κ3) is 7.81. The van der Waals surface area contributed by atoms with Crippen molar-refractivity contribution < 1.29 is 19.1 Å². The topological polar surface area (TPSA) is 52.6 Å². The highest BCUT2D eigenvalue weighted by atomic mass is 16.5. The summed E-state index contributed by atoms with van der Waals surface area (Å²) >= 11 is 0. The molecular formula is C18H34O4. The predicted molar refractivity (Wildman–Crippen MR) is 88.4 cm³/mol. The third-order valence-corrected chi connectivity index (χ3v) is 4.06. The second kappa shape index (κ2) is 11.5. The molecule has 0 aliphatic heterocycles. The van der Waals surface area contributed by atoms with Crippen LogP contribution in [0.4, 0.5) is 0 Å². The highest BCUT2D eigenvalue weighted by Gasteiger charge is 2.40. The van der Waals surface area contributed by atoms with Gasteiger partial charge in [0, 0.05) is 6.92 Å². The lowest BCUT2D eigenvalue weighted by molar-refractivity contribution is -0.160. The van der Waals surface area contributed by atoms with Gasteiger partial charge >= 0.3 is 11.9 Å². The molecule has 0 spiro atoms. The predicted octanol–water partition coefficient (Wildman–Crippen LogP) is 4.36. The van der Waals surface area contributed by atoms with E-state index in [1.807, 2.05) is 13.8 Å². The zero-order valence-electron chi connectivity index (χ0n) is 15.2. The van der Waals surface area contributed by atoms with Crippen LogP contribution in [0.2, 0.25) is 0 Å². The zero-order valence-corrected chi connectivity index (χ0v) is 15.2. The Morgan fingerprint density at radius 1 is 1.09 bits per heavy atom. The van der Waals surface area contributed by atoms with Crippen molar-refractivity contribution >= 4 is 11.9 Å². The summed E-state index contributed by atoms with van der Waals surface area (Å²) in [7, 11) is 1.41. The number of esters is 2. The SMILES string of the molecule is C1CC1.CC.CCC1C(C)CC(OC(C)=O)CC1C(=O)OC. The molecule has 2 saturated carbocycles. The Balaban J connectivity index is 0.000000758. The van der Waals surface area contributed by atoms with Crippen molar-refractivity contribution in [2.24, 2.45) is 17.8 Å². The number of hydrogen-bond acceptors (Lipinski definition) is 4. The monoisotopic (exact) mass is 314 g/mol. The van der Waals surface area contributed by atoms with Crippen molar-refractivity contribution in [3.05, 3.63) is 0 Å². The Morgan fingerprint density at radius 3 is 2.00 bits per heavy atom. The lowest BCUT2D eigenvalue weighted by Gasteiger charge is -2.38. The van der Waals surface area contributed by atoms with Crippen LogP contribution < -0.4 is 0 Å². The fraction of sp³-hybridized carbons (Fsp3) is 0.889. The molecule has 0 radical (unpaired) electrons. The number of carbonyl (C=O) groups excluding carboxylic acids is 2. The van der Waals surface area contributed by atoms with Crippen LogP contribution >= 0.6 is 0 Å². The molecular weight excluding hydrogens is 280 g/mol. The number of rotatable bonds is 3. The van der Waals surface area contributed by atoms with E-state index in [2.05, 4.69) is 13.8 Å². The fourth-order valence-corrected chi connectivity index (χ4v) is 2.98. The Bertz CT molecular complexity index is 322. The summed E-state index contributed by atoms with van der Waals surface area (Å²) in [6, 6.07) is 0. The van der Waals surface area contributed by atoms with Crippen molar-refractivity contribution in [2.45, 2.75) is 79.2 Å². The molecule has 4 heteroatoms. The van der Waals surface area contributed by atoms with Crippen LogP contribution in [0.25, 0.3) is 0 Å². The molecule has 130 valence electrons. The van der Waals surface area contributed by atoms with Crippen LogP contribution in [0.3, 0.4) is 0 Å². The van der Waals surface area contributed by atoms with Crippen molar-refractivity contribution in [3.8, 4) is 0 Å². The van der Waals surface area contributed by atoms with Gasteiger partial charge in [-0.15, -0.1) is 0 Å². The molecule has 2 aliphatic carbocycles. The van der Waals surface area contributed by atoms with Gasteiger partial charge in [-0.3, -0.25) is 9.59 Å². The summed E-state index contributed by atoms with van der Waals surface area (Å²) in [4.78, 5) is 22.7. The van der Waals surface area contributed by atoms with Gasteiger partial charge in [0.25, 0.3) is 0 Å². The second-order valence-electron chi connectivity index (χ2n) is 5.94. The van der Waals surface area contributed by atoms with Gasteiger partial charge in [-0.1, -0.05) is 53.4 Å². The molecule has 0 aromatic heterocycles. The van der Waals surface area contributed by atoms with Gasteiger partial charge in [-0.25, -0.2) is 0 Å². The van der Waals surface area contributed by atoms with E-state index < -0.39 is 0 Å². The van der Waals surface area contributed by atoms with Crippen LogP contribution in [0.1, 0.15) is 73.1 Å². The molecule has 22 heavy (non-hydrogen) atoms. The van der Waals surface area contributed by atoms with Crippen LogP contribution in [0.5, 0.6) is 0 Å². The Morgan fingerprint density at radius 2 is 1.64 bits per heavy atom. The van der Waals surface area contributed by atoms with Gasteiger partial charge in [0.2, 0.25) is 0 Å². The zero-order chi connectivity index (χ0) is 17.1. The maximum absolute atomic E-state index is 11.8. The first-order valence-corrected chi connectivity index (χ1v) is 8.74. The van der Waals surface area contributed by atoms with Gasteiger partial charge < -0.3 is 9.47 Å². The van der Waals surface area contributed by atoms with Crippen LogP contribution in [0, 0.1) is 17.8 Å². The van der Waals surface area contributed by atoms with E-state index in [-0.39, 0.29) is 24.0 Å². The van der Waals surface area contributed by atoms with Crippen molar-refractivity contribution in [2.75, 3.05) is 7.11 Å². The van der Waals surface area contributed by atoms with Gasteiger partial charge in [-0.2, -0.15) is 0 Å². The standard InChI is InChI=1S/C13H22O4.C3H6.C2H6/c1-5-11-8(2)6-10(17-9(3)14)7-12(11)13(15)16-4;1-2-3-1;1-2/h8,10-12H,5-7H2,1-4H3;1-3H2;1-2H3. The lowest BCUT2D eigenvalue weighted by atomic mass is 9.70. The van der Waals surface area contributed by atoms with E-state index in [9.17, 15) is 9.59 Å². The summed E-state index contributed by atoms with van der Waals surface area (Å²) in [6.07, 6.45) is 6.74. The van der Waals surface area contributed by atoms with Crippen LogP contribution in [0.15, 0.2) is 0 Å². The summed E-state index contributed by atoms with van der Waals surface area (Å²) in [5.74, 6) is 0.107. The molecule has 0 N–H and O–H groups in total. The van der Waals surface area contributed by atoms with E-state index in [0.717, 1.165) is 12.8 Å². The maximum Gasteiger partial charge on any atom is 0.309 e. The van der Waals surface area contributed by atoms with E-state index in [4.69, 9.17) is 9.47 Å². The third-order valence-electron chi connectivity index (χ3n) is 4.06. The number of methoxy groups -OCH3 is 1. The fourth-order valence-electron chi connectivity index (χ4n) is 2.98. The van der Waals surface area contributed by atoms with Crippen LogP contribution in [-0.4, -0.2) is 25.2 Å². The van der Waals surface area contributed by atoms with Crippen molar-refractivity contribution in [1.82, 2.24) is 0 Å². The number of hydrogen-bond donors (Lipinski definition) is 0. The molecule has 0 amide bonds. The normalized spacial score (nSPS) is 29.0. The number of ether oxygens (including phenoxy) is 2. The minimum absolute atomic E-state index is 0.141. The smallest absolute Gasteiger partial charge is 0.309 e. The first kappa shape index (κ1) is 20.9. The molecule has 2 fully saturated rings. The van der Waals surface area contributed by atoms with E-state index in [1.165, 1.54) is 33.3 Å². The Hall–Kier alpha value is -1.06. The Labute approximate surface area is 135 Å². The largest absolute Gasteiger partial charge is 0.469 e. The highest BCUT2D eigenvalue weighted by molar-refractivity contribution is 5.73. The summed E-state index contributed by atoms with van der Waals surface area (Å²) < 4.78 is 10.1. The minimum atomic E-state index is -0.277. The van der Waals surface area contributed by atoms with Gasteiger partial charge in [0.1, 0.15) is 6.10 Å². The van der Waals surface area contributed by atoms with Gasteiger partial charge in [0.15, 0.2) is 0 Å². The summed E-state index contributed by atoms with van der Waals surface area (Å²) in [5, 5.41) is 0. The lowest BCUT2D eigenvalue weighted by Crippen LogP contribution is -2.40. The minimum Gasteiger partial charge on any atom is -0.469 e. The maximum atomic E-state index is 11.8. The summed E-state index contributed by atoms with van der Waals surface area (Å²) in [5.41, 5.74) is 0. The first-order chi connectivity index (χ1) is 10.5. The van der Waals surface area contributed by atoms with E-state index in [0.29, 0.717) is 18.3 Å². The quantitative estimate of drug-likeness (QED) is 0.726. The van der Waals surface area contributed by atoms with Gasteiger partial charge in [-0.05, 0) is 24.7 Å². The number of carbonyl (C=O) groups is 2. The molecule has 4 unspecified atom stereocenters. The molecule has 0 aromatic carbocycles. The molecule has 0 saturated heterocycles.